The molecule has 1 fully saturated rings. The number of carbonyl (C=O) groups excluding carboxylic acids is 1. The summed E-state index contributed by atoms with van der Waals surface area (Å²) in [6.07, 6.45) is 2.10. The summed E-state index contributed by atoms with van der Waals surface area (Å²) in [5, 5.41) is 9.06. The van der Waals surface area contributed by atoms with Gasteiger partial charge in [-0.25, -0.2) is 0 Å². The van der Waals surface area contributed by atoms with Crippen molar-refractivity contribution in [3.63, 3.8) is 0 Å². The Balaban J connectivity index is 1.73. The molecule has 1 heterocycles. The number of rotatable bonds is 6. The molecule has 0 saturated carbocycles. The Hall–Kier alpha value is -2.66. The second-order valence-corrected chi connectivity index (χ2v) is 6.85. The molecule has 0 spiro atoms. The minimum Gasteiger partial charge on any atom is -0.481 e. The molecular weight excluding hydrogens is 342 g/mol. The fourth-order valence-corrected chi connectivity index (χ4v) is 3.42. The van der Waals surface area contributed by atoms with E-state index in [2.05, 4.69) is 31.2 Å². The topological polar surface area (TPSA) is 66.8 Å². The molecule has 142 valence electrons. The number of carbonyl (C=O) groups is 2. The molecule has 1 N–H and O–H groups in total. The van der Waals surface area contributed by atoms with Crippen molar-refractivity contribution in [1.29, 1.82) is 0 Å². The monoisotopic (exact) mass is 367 g/mol. The Morgan fingerprint density at radius 3 is 2.30 bits per heavy atom. The second-order valence-electron chi connectivity index (χ2n) is 6.85. The highest BCUT2D eigenvalue weighted by atomic mass is 16.5. The molecule has 1 amide bonds. The van der Waals surface area contributed by atoms with Gasteiger partial charge in [0.15, 0.2) is 0 Å². The normalized spacial score (nSPS) is 16.9. The maximum absolute atomic E-state index is 12.8. The van der Waals surface area contributed by atoms with E-state index in [1.807, 2.05) is 24.3 Å². The average molecular weight is 367 g/mol. The molecule has 0 aromatic heterocycles. The number of aryl methyl sites for hydroxylation is 1. The van der Waals surface area contributed by atoms with Crippen LogP contribution in [0.15, 0.2) is 48.5 Å². The summed E-state index contributed by atoms with van der Waals surface area (Å²) >= 11 is 0. The SMILES string of the molecule is CCCc1ccc(-c2ccc(C(=O)N3CCOC[C@H]3CC(=O)O)cc2)cc1. The van der Waals surface area contributed by atoms with Crippen LogP contribution in [0.4, 0.5) is 0 Å². The third-order valence-corrected chi connectivity index (χ3v) is 4.86. The number of benzene rings is 2. The van der Waals surface area contributed by atoms with Gasteiger partial charge in [-0.2, -0.15) is 0 Å². The van der Waals surface area contributed by atoms with E-state index in [4.69, 9.17) is 9.84 Å². The third-order valence-electron chi connectivity index (χ3n) is 4.86. The van der Waals surface area contributed by atoms with Gasteiger partial charge in [0.1, 0.15) is 0 Å². The molecule has 1 aliphatic rings. The zero-order valence-electron chi connectivity index (χ0n) is 15.6. The zero-order valence-corrected chi connectivity index (χ0v) is 15.6. The highest BCUT2D eigenvalue weighted by Gasteiger charge is 2.29. The van der Waals surface area contributed by atoms with Crippen LogP contribution in [-0.4, -0.2) is 47.7 Å². The molecule has 0 aliphatic carbocycles. The molecule has 1 aliphatic heterocycles. The predicted molar refractivity (Wildman–Crippen MR) is 104 cm³/mol. The summed E-state index contributed by atoms with van der Waals surface area (Å²) in [6, 6.07) is 15.6. The lowest BCUT2D eigenvalue weighted by Crippen LogP contribution is -2.49. The van der Waals surface area contributed by atoms with Crippen LogP contribution in [0.1, 0.15) is 35.7 Å². The summed E-state index contributed by atoms with van der Waals surface area (Å²) in [5.41, 5.74) is 4.06. The van der Waals surface area contributed by atoms with Crippen LogP contribution in [-0.2, 0) is 16.0 Å². The van der Waals surface area contributed by atoms with Gasteiger partial charge in [0, 0.05) is 12.1 Å². The number of carboxylic acids is 1. The van der Waals surface area contributed by atoms with Gasteiger partial charge in [0.2, 0.25) is 0 Å². The number of hydrogen-bond acceptors (Lipinski definition) is 3. The van der Waals surface area contributed by atoms with E-state index >= 15 is 0 Å². The van der Waals surface area contributed by atoms with Crippen molar-refractivity contribution >= 4 is 11.9 Å². The molecule has 0 unspecified atom stereocenters. The fourth-order valence-electron chi connectivity index (χ4n) is 3.42. The average Bonchev–Trinajstić information content (AvgIpc) is 2.68. The van der Waals surface area contributed by atoms with E-state index in [9.17, 15) is 9.59 Å². The minimum absolute atomic E-state index is 0.103. The number of morpholine rings is 1. The molecule has 2 aromatic carbocycles. The Labute approximate surface area is 159 Å². The van der Waals surface area contributed by atoms with Crippen LogP contribution in [0.5, 0.6) is 0 Å². The van der Waals surface area contributed by atoms with Crippen molar-refractivity contribution < 1.29 is 19.4 Å². The number of nitrogens with zero attached hydrogens (tertiary/aromatic N) is 1. The molecule has 1 saturated heterocycles. The molecule has 3 rings (SSSR count). The van der Waals surface area contributed by atoms with Crippen LogP contribution in [0.25, 0.3) is 11.1 Å². The van der Waals surface area contributed by atoms with Crippen molar-refractivity contribution in [1.82, 2.24) is 4.90 Å². The van der Waals surface area contributed by atoms with Crippen molar-refractivity contribution in [2.75, 3.05) is 19.8 Å². The first-order chi connectivity index (χ1) is 13.1. The van der Waals surface area contributed by atoms with Gasteiger partial charge in [-0.15, -0.1) is 0 Å². The second kappa shape index (κ2) is 8.82. The van der Waals surface area contributed by atoms with Gasteiger partial charge in [0.05, 0.1) is 25.7 Å². The molecule has 0 radical (unpaired) electrons. The van der Waals surface area contributed by atoms with Gasteiger partial charge in [-0.3, -0.25) is 9.59 Å². The van der Waals surface area contributed by atoms with Crippen LogP contribution in [0, 0.1) is 0 Å². The Bertz CT molecular complexity index is 783. The lowest BCUT2D eigenvalue weighted by Gasteiger charge is -2.34. The van der Waals surface area contributed by atoms with Gasteiger partial charge in [0.25, 0.3) is 5.91 Å². The van der Waals surface area contributed by atoms with Crippen LogP contribution in [0.2, 0.25) is 0 Å². The largest absolute Gasteiger partial charge is 0.481 e. The van der Waals surface area contributed by atoms with Crippen molar-refractivity contribution in [3.05, 3.63) is 59.7 Å². The number of ether oxygens (including phenoxy) is 1. The summed E-state index contributed by atoms with van der Waals surface area (Å²) in [7, 11) is 0. The van der Waals surface area contributed by atoms with E-state index < -0.39 is 12.0 Å². The first-order valence-corrected chi connectivity index (χ1v) is 9.38. The first-order valence-electron chi connectivity index (χ1n) is 9.38. The van der Waals surface area contributed by atoms with E-state index in [1.165, 1.54) is 5.56 Å². The highest BCUT2D eigenvalue weighted by molar-refractivity contribution is 5.95. The summed E-state index contributed by atoms with van der Waals surface area (Å²) in [4.78, 5) is 25.5. The fraction of sp³-hybridized carbons (Fsp3) is 0.364. The molecule has 27 heavy (non-hydrogen) atoms. The maximum Gasteiger partial charge on any atom is 0.305 e. The van der Waals surface area contributed by atoms with Gasteiger partial charge >= 0.3 is 5.97 Å². The Kier molecular flexibility index (Phi) is 6.24. The van der Waals surface area contributed by atoms with E-state index in [-0.39, 0.29) is 18.9 Å². The predicted octanol–water partition coefficient (Wildman–Crippen LogP) is 3.62. The summed E-state index contributed by atoms with van der Waals surface area (Å²) in [6.45, 7) is 3.28. The number of aliphatic carboxylic acids is 1. The van der Waals surface area contributed by atoms with Gasteiger partial charge < -0.3 is 14.7 Å². The van der Waals surface area contributed by atoms with E-state index in [0.717, 1.165) is 24.0 Å². The number of amides is 1. The number of carboxylic acid groups (broad SMARTS) is 1. The van der Waals surface area contributed by atoms with Crippen LogP contribution >= 0.6 is 0 Å². The molecular formula is C22H25NO4. The summed E-state index contributed by atoms with van der Waals surface area (Å²) < 4.78 is 5.35. The smallest absolute Gasteiger partial charge is 0.305 e. The van der Waals surface area contributed by atoms with Crippen LogP contribution < -0.4 is 0 Å². The molecule has 5 heteroatoms. The quantitative estimate of drug-likeness (QED) is 0.847. The molecule has 2 aromatic rings. The summed E-state index contributed by atoms with van der Waals surface area (Å²) in [5.74, 6) is -1.07. The zero-order chi connectivity index (χ0) is 19.2. The molecule has 0 bridgehead atoms. The standard InChI is InChI=1S/C22H25NO4/c1-2-3-16-4-6-17(7-5-16)18-8-10-19(11-9-18)22(26)23-12-13-27-15-20(23)14-21(24)25/h4-11,20H,2-3,12-15H2,1H3,(H,24,25)/t20-/m1/s1. The number of hydrogen-bond donors (Lipinski definition) is 1. The van der Waals surface area contributed by atoms with Crippen molar-refractivity contribution in [2.24, 2.45) is 0 Å². The maximum atomic E-state index is 12.8. The first kappa shape index (κ1) is 19.1. The van der Waals surface area contributed by atoms with Crippen molar-refractivity contribution in [2.45, 2.75) is 32.2 Å². The van der Waals surface area contributed by atoms with Crippen LogP contribution in [0.3, 0.4) is 0 Å². The van der Waals surface area contributed by atoms with Gasteiger partial charge in [-0.1, -0.05) is 49.7 Å². The minimum atomic E-state index is -0.926. The third kappa shape index (κ3) is 4.74. The molecule has 1 atom stereocenters. The van der Waals surface area contributed by atoms with Gasteiger partial charge in [-0.05, 0) is 35.2 Å². The van der Waals surface area contributed by atoms with E-state index in [1.54, 1.807) is 4.90 Å². The Morgan fingerprint density at radius 1 is 1.07 bits per heavy atom. The van der Waals surface area contributed by atoms with Crippen molar-refractivity contribution in [3.8, 4) is 11.1 Å². The molecule has 5 nitrogen and oxygen atoms in total. The highest BCUT2D eigenvalue weighted by Crippen LogP contribution is 2.22. The lowest BCUT2D eigenvalue weighted by atomic mass is 10.0. The lowest BCUT2D eigenvalue weighted by molar-refractivity contribution is -0.139. The van der Waals surface area contributed by atoms with E-state index in [0.29, 0.717) is 18.7 Å². The Morgan fingerprint density at radius 2 is 1.70 bits per heavy atom.